The Morgan fingerprint density at radius 3 is 2.94 bits per heavy atom. The van der Waals surface area contributed by atoms with Crippen molar-refractivity contribution in [2.24, 2.45) is 0 Å². The van der Waals surface area contributed by atoms with Crippen LogP contribution in [0.2, 0.25) is 5.02 Å². The molecule has 1 aromatic carbocycles. The molecule has 1 unspecified atom stereocenters. The van der Waals surface area contributed by atoms with Gasteiger partial charge in [-0.05, 0) is 50.7 Å². The number of ether oxygens (including phenoxy) is 1. The number of nitrogens with one attached hydrogen (secondary N) is 1. The zero-order valence-corrected chi connectivity index (χ0v) is 11.6. The lowest BCUT2D eigenvalue weighted by molar-refractivity contribution is 0.176. The van der Waals surface area contributed by atoms with Crippen molar-refractivity contribution in [3.63, 3.8) is 0 Å². The van der Waals surface area contributed by atoms with Crippen LogP contribution in [0.15, 0.2) is 24.3 Å². The monoisotopic (exact) mass is 268 g/mol. The van der Waals surface area contributed by atoms with Gasteiger partial charge in [0.2, 0.25) is 0 Å². The van der Waals surface area contributed by atoms with E-state index in [2.05, 4.69) is 17.1 Å². The predicted octanol–water partition coefficient (Wildman–Crippen LogP) is 2.40. The Hall–Kier alpha value is -0.770. The second-order valence-electron chi connectivity index (χ2n) is 4.75. The van der Waals surface area contributed by atoms with Crippen molar-refractivity contribution in [3.05, 3.63) is 29.3 Å². The van der Waals surface area contributed by atoms with E-state index in [0.29, 0.717) is 6.04 Å². The van der Waals surface area contributed by atoms with Crippen LogP contribution < -0.4 is 10.1 Å². The van der Waals surface area contributed by atoms with Crippen molar-refractivity contribution in [2.75, 3.05) is 32.8 Å². The molecule has 1 atom stereocenters. The molecule has 1 aromatic rings. The lowest BCUT2D eigenvalue weighted by atomic mass is 10.3. The van der Waals surface area contributed by atoms with Gasteiger partial charge in [-0.3, -0.25) is 4.90 Å². The molecule has 0 bridgehead atoms. The van der Waals surface area contributed by atoms with Crippen molar-refractivity contribution in [2.45, 2.75) is 19.4 Å². The first-order valence-corrected chi connectivity index (χ1v) is 6.96. The molecule has 0 aromatic heterocycles. The highest BCUT2D eigenvalue weighted by molar-refractivity contribution is 6.30. The fourth-order valence-electron chi connectivity index (χ4n) is 2.21. The first-order valence-electron chi connectivity index (χ1n) is 6.59. The largest absolute Gasteiger partial charge is 0.492 e. The summed E-state index contributed by atoms with van der Waals surface area (Å²) in [5.74, 6) is 0.889. The third-order valence-corrected chi connectivity index (χ3v) is 3.57. The minimum absolute atomic E-state index is 0.585. The molecule has 0 spiro atoms. The van der Waals surface area contributed by atoms with Gasteiger partial charge in [-0.25, -0.2) is 0 Å². The van der Waals surface area contributed by atoms with E-state index < -0.39 is 0 Å². The summed E-state index contributed by atoms with van der Waals surface area (Å²) in [6.45, 7) is 7.32. The quantitative estimate of drug-likeness (QED) is 0.908. The maximum absolute atomic E-state index is 5.83. The summed E-state index contributed by atoms with van der Waals surface area (Å²) in [4.78, 5) is 2.48. The van der Waals surface area contributed by atoms with E-state index in [1.165, 1.54) is 6.42 Å². The Labute approximate surface area is 114 Å². The molecule has 0 saturated carbocycles. The van der Waals surface area contributed by atoms with Gasteiger partial charge in [-0.2, -0.15) is 0 Å². The van der Waals surface area contributed by atoms with Gasteiger partial charge in [0.15, 0.2) is 0 Å². The highest BCUT2D eigenvalue weighted by Gasteiger charge is 2.15. The zero-order chi connectivity index (χ0) is 12.8. The van der Waals surface area contributed by atoms with Crippen LogP contribution in [0.4, 0.5) is 0 Å². The summed E-state index contributed by atoms with van der Waals surface area (Å²) in [7, 11) is 0. The van der Waals surface area contributed by atoms with Crippen molar-refractivity contribution < 1.29 is 4.74 Å². The zero-order valence-electron chi connectivity index (χ0n) is 10.9. The van der Waals surface area contributed by atoms with Crippen LogP contribution >= 0.6 is 11.6 Å². The Balaban J connectivity index is 1.75. The molecule has 1 saturated heterocycles. The minimum Gasteiger partial charge on any atom is -0.492 e. The van der Waals surface area contributed by atoms with Gasteiger partial charge in [0.1, 0.15) is 12.4 Å². The van der Waals surface area contributed by atoms with Crippen LogP contribution in [0.25, 0.3) is 0 Å². The summed E-state index contributed by atoms with van der Waals surface area (Å²) in [5.41, 5.74) is 0. The average Bonchev–Trinajstić information content (AvgIpc) is 2.57. The molecule has 1 N–H and O–H groups in total. The van der Waals surface area contributed by atoms with Gasteiger partial charge in [0.05, 0.1) is 0 Å². The normalized spacial score (nSPS) is 21.6. The Bertz CT molecular complexity index is 355. The van der Waals surface area contributed by atoms with Crippen LogP contribution in [-0.4, -0.2) is 43.7 Å². The Kier molecular flexibility index (Phi) is 5.29. The van der Waals surface area contributed by atoms with Gasteiger partial charge < -0.3 is 10.1 Å². The topological polar surface area (TPSA) is 24.5 Å². The fourth-order valence-corrected chi connectivity index (χ4v) is 2.34. The van der Waals surface area contributed by atoms with E-state index in [1.54, 1.807) is 0 Å². The maximum Gasteiger partial charge on any atom is 0.119 e. The summed E-state index contributed by atoms with van der Waals surface area (Å²) in [6.07, 6.45) is 1.21. The van der Waals surface area contributed by atoms with E-state index in [9.17, 15) is 0 Å². The molecule has 1 aliphatic heterocycles. The first kappa shape index (κ1) is 13.7. The molecule has 1 fully saturated rings. The minimum atomic E-state index is 0.585. The Morgan fingerprint density at radius 1 is 1.39 bits per heavy atom. The summed E-state index contributed by atoms with van der Waals surface area (Å²) in [6, 6.07) is 8.12. The third kappa shape index (κ3) is 4.16. The number of benzene rings is 1. The highest BCUT2D eigenvalue weighted by Crippen LogP contribution is 2.15. The van der Waals surface area contributed by atoms with Crippen molar-refractivity contribution >= 4 is 11.6 Å². The van der Waals surface area contributed by atoms with Crippen LogP contribution in [0, 0.1) is 0 Å². The van der Waals surface area contributed by atoms with Crippen LogP contribution in [0.5, 0.6) is 5.75 Å². The average molecular weight is 269 g/mol. The van der Waals surface area contributed by atoms with Gasteiger partial charge in [-0.15, -0.1) is 0 Å². The molecule has 0 radical (unpaired) electrons. The smallest absolute Gasteiger partial charge is 0.119 e. The van der Waals surface area contributed by atoms with Gasteiger partial charge in [-0.1, -0.05) is 11.6 Å². The van der Waals surface area contributed by atoms with E-state index in [4.69, 9.17) is 16.3 Å². The second-order valence-corrected chi connectivity index (χ2v) is 5.18. The SMILES string of the molecule is CC1CNCCCN1CCOc1ccc(Cl)cc1. The van der Waals surface area contributed by atoms with Crippen LogP contribution in [0.3, 0.4) is 0 Å². The fraction of sp³-hybridized carbons (Fsp3) is 0.571. The molecular formula is C14H21ClN2O. The summed E-state index contributed by atoms with van der Waals surface area (Å²) in [5, 5.41) is 4.19. The summed E-state index contributed by atoms with van der Waals surface area (Å²) < 4.78 is 5.73. The number of hydrogen-bond acceptors (Lipinski definition) is 3. The molecule has 18 heavy (non-hydrogen) atoms. The third-order valence-electron chi connectivity index (χ3n) is 3.32. The molecular weight excluding hydrogens is 248 g/mol. The summed E-state index contributed by atoms with van der Waals surface area (Å²) >= 11 is 5.83. The second kappa shape index (κ2) is 6.98. The lowest BCUT2D eigenvalue weighted by Crippen LogP contribution is -2.39. The van der Waals surface area contributed by atoms with E-state index in [1.807, 2.05) is 24.3 Å². The molecule has 0 amide bonds. The molecule has 3 nitrogen and oxygen atoms in total. The van der Waals surface area contributed by atoms with E-state index in [0.717, 1.165) is 43.6 Å². The van der Waals surface area contributed by atoms with Crippen molar-refractivity contribution in [1.29, 1.82) is 0 Å². The van der Waals surface area contributed by atoms with Gasteiger partial charge in [0, 0.05) is 24.2 Å². The number of halogens is 1. The highest BCUT2D eigenvalue weighted by atomic mass is 35.5. The van der Waals surface area contributed by atoms with Gasteiger partial charge >= 0.3 is 0 Å². The standard InChI is InChI=1S/C14H21ClN2O/c1-12-11-16-7-2-8-17(12)9-10-18-14-5-3-13(15)4-6-14/h3-6,12,16H,2,7-11H2,1H3. The molecule has 2 rings (SSSR count). The maximum atomic E-state index is 5.83. The molecule has 0 aliphatic carbocycles. The van der Waals surface area contributed by atoms with E-state index >= 15 is 0 Å². The van der Waals surface area contributed by atoms with Crippen LogP contribution in [-0.2, 0) is 0 Å². The van der Waals surface area contributed by atoms with Gasteiger partial charge in [0.25, 0.3) is 0 Å². The predicted molar refractivity (Wildman–Crippen MR) is 75.5 cm³/mol. The van der Waals surface area contributed by atoms with Crippen molar-refractivity contribution in [1.82, 2.24) is 10.2 Å². The molecule has 1 aliphatic rings. The molecule has 100 valence electrons. The number of hydrogen-bond donors (Lipinski definition) is 1. The van der Waals surface area contributed by atoms with Crippen molar-refractivity contribution in [3.8, 4) is 5.75 Å². The number of rotatable bonds is 4. The first-order chi connectivity index (χ1) is 8.75. The van der Waals surface area contributed by atoms with E-state index in [-0.39, 0.29) is 0 Å². The molecule has 4 heteroatoms. The number of nitrogens with zero attached hydrogens (tertiary/aromatic N) is 1. The van der Waals surface area contributed by atoms with Crippen LogP contribution in [0.1, 0.15) is 13.3 Å². The molecule has 1 heterocycles. The lowest BCUT2D eigenvalue weighted by Gasteiger charge is -2.26. The Morgan fingerprint density at radius 2 is 2.17 bits per heavy atom.